The van der Waals surface area contributed by atoms with Crippen molar-refractivity contribution >= 4 is 17.4 Å². The van der Waals surface area contributed by atoms with Gasteiger partial charge in [-0.05, 0) is 19.1 Å². The Labute approximate surface area is 86.9 Å². The van der Waals surface area contributed by atoms with Gasteiger partial charge in [0.05, 0.1) is 17.0 Å². The first kappa shape index (κ1) is 10.7. The predicted octanol–water partition coefficient (Wildman–Crippen LogP) is 3.08. The van der Waals surface area contributed by atoms with E-state index in [1.165, 1.54) is 18.2 Å². The van der Waals surface area contributed by atoms with Crippen LogP contribution in [0.25, 0.3) is 0 Å². The van der Waals surface area contributed by atoms with Crippen LogP contribution in [-0.4, -0.2) is 5.78 Å². The molecule has 1 aromatic carbocycles. The Kier molecular flexibility index (Phi) is 3.67. The van der Waals surface area contributed by atoms with Gasteiger partial charge >= 0.3 is 0 Å². The lowest BCUT2D eigenvalue weighted by molar-refractivity contribution is 0.0994. The molecule has 1 aromatic rings. The third-order valence-corrected chi connectivity index (χ3v) is 1.97. The smallest absolute Gasteiger partial charge is 0.177 e. The minimum absolute atomic E-state index is 0.000231. The zero-order valence-corrected chi connectivity index (χ0v) is 8.36. The molecule has 0 aliphatic rings. The fourth-order valence-corrected chi connectivity index (χ4v) is 1.16. The lowest BCUT2D eigenvalue weighted by atomic mass is 10.1. The molecule has 0 aliphatic heterocycles. The summed E-state index contributed by atoms with van der Waals surface area (Å²) in [6.45, 7) is 1.63. The van der Waals surface area contributed by atoms with Crippen LogP contribution in [-0.2, 0) is 0 Å². The first-order valence-corrected chi connectivity index (χ1v) is 4.41. The van der Waals surface area contributed by atoms with Gasteiger partial charge in [-0.2, -0.15) is 0 Å². The van der Waals surface area contributed by atoms with E-state index < -0.39 is 5.82 Å². The van der Waals surface area contributed by atoms with Gasteiger partial charge in [0.2, 0.25) is 0 Å². The van der Waals surface area contributed by atoms with Crippen molar-refractivity contribution in [2.24, 2.45) is 0 Å². The maximum Gasteiger partial charge on any atom is 0.177 e. The van der Waals surface area contributed by atoms with Crippen LogP contribution in [0.1, 0.15) is 23.7 Å². The van der Waals surface area contributed by atoms with Crippen LogP contribution >= 0.6 is 11.6 Å². The van der Waals surface area contributed by atoms with Gasteiger partial charge in [-0.1, -0.05) is 23.6 Å². The number of carbonyl (C=O) groups is 1. The van der Waals surface area contributed by atoms with E-state index in [9.17, 15) is 9.18 Å². The molecule has 1 nitrogen and oxygen atoms in total. The lowest BCUT2D eigenvalue weighted by Gasteiger charge is -2.00. The molecule has 1 rings (SSSR count). The zero-order valence-electron chi connectivity index (χ0n) is 7.60. The molecule has 72 valence electrons. The Morgan fingerprint density at radius 3 is 2.93 bits per heavy atom. The van der Waals surface area contributed by atoms with Gasteiger partial charge in [0, 0.05) is 0 Å². The Balaban J connectivity index is 2.99. The van der Waals surface area contributed by atoms with Crippen LogP contribution < -0.4 is 0 Å². The second-order valence-corrected chi connectivity index (χ2v) is 3.04. The van der Waals surface area contributed by atoms with E-state index in [1.54, 1.807) is 6.92 Å². The van der Waals surface area contributed by atoms with Gasteiger partial charge in [-0.25, -0.2) is 4.39 Å². The number of carbonyl (C=O) groups excluding carboxylic acids is 1. The van der Waals surface area contributed by atoms with Crippen LogP contribution in [0.15, 0.2) is 18.2 Å². The highest BCUT2D eigenvalue weighted by molar-refractivity contribution is 6.31. The molecule has 0 aliphatic carbocycles. The molecule has 0 aromatic heterocycles. The van der Waals surface area contributed by atoms with Crippen LogP contribution in [0, 0.1) is 17.7 Å². The minimum atomic E-state index is -0.669. The SMILES string of the molecule is CC#CCC(=O)c1cccc(Cl)c1F. The number of halogens is 2. The molecule has 0 amide bonds. The van der Waals surface area contributed by atoms with E-state index in [0.717, 1.165) is 0 Å². The van der Waals surface area contributed by atoms with Gasteiger partial charge in [-0.15, -0.1) is 5.92 Å². The third kappa shape index (κ3) is 2.34. The van der Waals surface area contributed by atoms with Gasteiger partial charge in [0.15, 0.2) is 11.6 Å². The zero-order chi connectivity index (χ0) is 10.6. The molecule has 0 heterocycles. The number of hydrogen-bond acceptors (Lipinski definition) is 1. The molecule has 0 atom stereocenters. The van der Waals surface area contributed by atoms with Crippen molar-refractivity contribution in [2.45, 2.75) is 13.3 Å². The molecular weight excluding hydrogens is 203 g/mol. The van der Waals surface area contributed by atoms with Gasteiger partial charge in [0.1, 0.15) is 0 Å². The summed E-state index contributed by atoms with van der Waals surface area (Å²) in [6.07, 6.45) is 0.0216. The van der Waals surface area contributed by atoms with Crippen molar-refractivity contribution in [3.05, 3.63) is 34.6 Å². The topological polar surface area (TPSA) is 17.1 Å². The number of Topliss-reactive ketones (excluding diaryl/α,β-unsaturated/α-hetero) is 1. The molecular formula is C11H8ClFO. The Bertz CT molecular complexity index is 415. The Morgan fingerprint density at radius 2 is 2.29 bits per heavy atom. The lowest BCUT2D eigenvalue weighted by Crippen LogP contribution is -2.01. The van der Waals surface area contributed by atoms with Crippen molar-refractivity contribution in [2.75, 3.05) is 0 Å². The van der Waals surface area contributed by atoms with Crippen LogP contribution in [0.5, 0.6) is 0 Å². The van der Waals surface area contributed by atoms with Crippen LogP contribution in [0.4, 0.5) is 4.39 Å². The van der Waals surface area contributed by atoms with E-state index in [4.69, 9.17) is 11.6 Å². The van der Waals surface area contributed by atoms with Gasteiger partial charge in [0.25, 0.3) is 0 Å². The third-order valence-electron chi connectivity index (χ3n) is 1.68. The molecule has 0 unspecified atom stereocenters. The summed E-state index contributed by atoms with van der Waals surface area (Å²) in [5.74, 6) is 4.14. The quantitative estimate of drug-likeness (QED) is 0.542. The average molecular weight is 211 g/mol. The summed E-state index contributed by atoms with van der Waals surface area (Å²) < 4.78 is 13.3. The van der Waals surface area contributed by atoms with E-state index in [2.05, 4.69) is 11.8 Å². The highest BCUT2D eigenvalue weighted by Gasteiger charge is 2.12. The van der Waals surface area contributed by atoms with Crippen molar-refractivity contribution in [1.29, 1.82) is 0 Å². The summed E-state index contributed by atoms with van der Waals surface area (Å²) in [5, 5.41) is -0.0414. The number of hydrogen-bond donors (Lipinski definition) is 0. The molecule has 0 saturated heterocycles. The largest absolute Gasteiger partial charge is 0.293 e. The second-order valence-electron chi connectivity index (χ2n) is 2.63. The number of ketones is 1. The summed E-state index contributed by atoms with van der Waals surface area (Å²) in [7, 11) is 0. The molecule has 3 heteroatoms. The number of rotatable bonds is 2. The molecule has 14 heavy (non-hydrogen) atoms. The molecule has 0 bridgehead atoms. The summed E-state index contributed by atoms with van der Waals surface area (Å²) >= 11 is 5.53. The normalized spacial score (nSPS) is 9.07. The average Bonchev–Trinajstić information content (AvgIpc) is 2.18. The molecule has 0 fully saturated rings. The Hall–Kier alpha value is -1.33. The van der Waals surface area contributed by atoms with Gasteiger partial charge < -0.3 is 0 Å². The highest BCUT2D eigenvalue weighted by Crippen LogP contribution is 2.18. The van der Waals surface area contributed by atoms with E-state index >= 15 is 0 Å². The van der Waals surface area contributed by atoms with Crippen LogP contribution in [0.3, 0.4) is 0 Å². The Morgan fingerprint density at radius 1 is 1.57 bits per heavy atom. The minimum Gasteiger partial charge on any atom is -0.293 e. The first-order chi connectivity index (χ1) is 6.66. The van der Waals surface area contributed by atoms with E-state index in [-0.39, 0.29) is 22.8 Å². The molecule has 0 saturated carbocycles. The second kappa shape index (κ2) is 4.78. The van der Waals surface area contributed by atoms with Gasteiger partial charge in [-0.3, -0.25) is 4.79 Å². The summed E-state index contributed by atoms with van der Waals surface area (Å²) in [6, 6.07) is 4.35. The van der Waals surface area contributed by atoms with Crippen LogP contribution in [0.2, 0.25) is 5.02 Å². The first-order valence-electron chi connectivity index (χ1n) is 4.03. The van der Waals surface area contributed by atoms with Crippen molar-refractivity contribution < 1.29 is 9.18 Å². The van der Waals surface area contributed by atoms with Crippen molar-refractivity contribution in [1.82, 2.24) is 0 Å². The summed E-state index contributed by atoms with van der Waals surface area (Å²) in [5.41, 5.74) is 0.000231. The van der Waals surface area contributed by atoms with Crippen molar-refractivity contribution in [3.8, 4) is 11.8 Å². The van der Waals surface area contributed by atoms with E-state index in [0.29, 0.717) is 0 Å². The molecule has 0 spiro atoms. The van der Waals surface area contributed by atoms with Crippen molar-refractivity contribution in [3.63, 3.8) is 0 Å². The molecule has 0 radical (unpaired) electrons. The highest BCUT2D eigenvalue weighted by atomic mass is 35.5. The monoisotopic (exact) mass is 210 g/mol. The maximum absolute atomic E-state index is 13.3. The fourth-order valence-electron chi connectivity index (χ4n) is 0.983. The van der Waals surface area contributed by atoms with E-state index in [1.807, 2.05) is 0 Å². The molecule has 0 N–H and O–H groups in total. The fraction of sp³-hybridized carbons (Fsp3) is 0.182. The maximum atomic E-state index is 13.3. The summed E-state index contributed by atoms with van der Waals surface area (Å²) in [4.78, 5) is 11.4. The predicted molar refractivity (Wildman–Crippen MR) is 53.8 cm³/mol. The number of benzene rings is 1. The standard InChI is InChI=1S/C11H8ClFO/c1-2-3-7-10(14)8-5-4-6-9(12)11(8)13/h4-6H,7H2,1H3.